The zero-order valence-electron chi connectivity index (χ0n) is 73.5. The molecule has 6 aliphatic heterocycles. The molecule has 29 atom stereocenters. The number of ether oxygens (including phenoxy) is 13. The molecule has 45 nitrogen and oxygen atoms in total. The normalized spacial score (nSPS) is 32.6. The lowest BCUT2D eigenvalue weighted by Gasteiger charge is -2.41. The summed E-state index contributed by atoms with van der Waals surface area (Å²) >= 11 is 0. The van der Waals surface area contributed by atoms with Gasteiger partial charge in [-0.25, -0.2) is 0 Å². The van der Waals surface area contributed by atoms with Crippen molar-refractivity contribution in [1.29, 1.82) is 0 Å². The van der Waals surface area contributed by atoms with E-state index in [0.717, 1.165) is 12.8 Å². The average Bonchev–Trinajstić information content (AvgIpc) is 1.74. The van der Waals surface area contributed by atoms with Crippen molar-refractivity contribution < 1.29 is 214 Å². The molecule has 6 saturated heterocycles. The predicted molar refractivity (Wildman–Crippen MR) is 429 cm³/mol. The first-order chi connectivity index (χ1) is 60.1. The molecule has 6 fully saturated rings. The maximum atomic E-state index is 13.4. The summed E-state index contributed by atoms with van der Waals surface area (Å²) in [6, 6.07) is 0. The molecule has 0 saturated carbocycles. The van der Waals surface area contributed by atoms with E-state index in [2.05, 4.69) is 0 Å². The molecule has 0 spiro atoms. The van der Waals surface area contributed by atoms with E-state index < -0.39 is 252 Å². The number of rotatable bonds is 69. The van der Waals surface area contributed by atoms with E-state index in [1.54, 1.807) is 13.8 Å². The molecule has 9 N–H and O–H groups in total. The third-order valence-electron chi connectivity index (χ3n) is 21.9. The van der Waals surface area contributed by atoms with E-state index in [-0.39, 0.29) is 133 Å². The Morgan fingerprint density at radius 2 is 0.598 bits per heavy atom. The van der Waals surface area contributed by atoms with Crippen LogP contribution in [0.25, 0.3) is 0 Å². The first-order valence-corrected chi connectivity index (χ1v) is 51.1. The fourth-order valence-electron chi connectivity index (χ4n) is 14.3. The number of aliphatic hydroxyl groups is 9. The Balaban J connectivity index is 0.914. The van der Waals surface area contributed by atoms with Crippen LogP contribution in [0.4, 0.5) is 0 Å². The van der Waals surface area contributed by atoms with Crippen LogP contribution < -0.4 is 24.5 Å². The Morgan fingerprint density at radius 1 is 0.315 bits per heavy atom. The summed E-state index contributed by atoms with van der Waals surface area (Å²) in [7, 11) is -26.2. The lowest BCUT2D eigenvalue weighted by atomic mass is 9.85. The second kappa shape index (κ2) is 58.4. The monoisotopic (exact) mass is 1940 g/mol. The van der Waals surface area contributed by atoms with Crippen LogP contribution in [0.3, 0.4) is 0 Å². The minimum atomic E-state index is -5.39. The number of hydrogen-bond acceptors (Lipinski definition) is 45. The van der Waals surface area contributed by atoms with E-state index in [4.69, 9.17) is 107 Å². The Kier molecular flexibility index (Phi) is 52.6. The topological polar surface area (TPSA) is 646 Å². The SMILES string of the molecule is CC1[C@H](OCC(=O)CCCCCCCO[C@@H]2CC(OP(=O)([O-])OCCCOC(C)(C)C)[C@@H](COP(=O)([O-])OCCCOP(=O)([O-])OC3C[C@@H](OCCCCCCCC(=O)CO[C@@H]4OC(CO)[C@H](O)[C@H](O)C4C)O[C@@H]3COP(=O)([O-])OCCCOP(=O)([O-])OC3C[C@@H](OCCCCCCCC(=O)CO[C@@H]4OC(CO)[C@H](O)[C@H](O)C4C)O[C@@H]3CO)O2)OC(CO)[C@H](O)[C@@H]1C. The van der Waals surface area contributed by atoms with Gasteiger partial charge in [0.15, 0.2) is 55.1 Å². The number of Topliss-reactive ketones (excluding diaryl/α,β-unsaturated/α-hetero) is 3. The number of aliphatic hydroxyl groups excluding tert-OH is 9. The van der Waals surface area contributed by atoms with E-state index >= 15 is 0 Å². The van der Waals surface area contributed by atoms with Crippen molar-refractivity contribution in [3.8, 4) is 0 Å². The zero-order chi connectivity index (χ0) is 93.6. The summed E-state index contributed by atoms with van der Waals surface area (Å²) in [4.78, 5) is 103. The smallest absolute Gasteiger partial charge is 0.268 e. The Labute approximate surface area is 741 Å². The van der Waals surface area contributed by atoms with Gasteiger partial charge in [0, 0.05) is 82.7 Å². The highest BCUT2D eigenvalue weighted by molar-refractivity contribution is 7.47. The van der Waals surface area contributed by atoms with E-state index in [1.807, 2.05) is 34.6 Å². The van der Waals surface area contributed by atoms with Crippen LogP contribution in [0.15, 0.2) is 0 Å². The molecule has 50 heteroatoms. The maximum Gasteiger partial charge on any atom is 0.268 e. The first-order valence-electron chi connectivity index (χ1n) is 43.8. The van der Waals surface area contributed by atoms with Crippen molar-refractivity contribution in [3.05, 3.63) is 0 Å². The zero-order valence-corrected chi connectivity index (χ0v) is 78.0. The number of phosphoric acid groups is 5. The fourth-order valence-corrected chi connectivity index (χ4v) is 18.7. The van der Waals surface area contributed by atoms with Crippen LogP contribution >= 0.6 is 39.1 Å². The molecule has 0 bridgehead atoms. The van der Waals surface area contributed by atoms with Crippen molar-refractivity contribution in [3.63, 3.8) is 0 Å². The quantitative estimate of drug-likeness (QED) is 0.0311. The van der Waals surface area contributed by atoms with Gasteiger partial charge in [-0.05, 0) is 84.5 Å². The van der Waals surface area contributed by atoms with Crippen LogP contribution in [-0.2, 0) is 144 Å². The Hall–Kier alpha value is -1.32. The van der Waals surface area contributed by atoms with Gasteiger partial charge >= 0.3 is 0 Å². The molecule has 0 aromatic heterocycles. The van der Waals surface area contributed by atoms with Gasteiger partial charge in [0.1, 0.15) is 68.7 Å². The van der Waals surface area contributed by atoms with Gasteiger partial charge in [-0.2, -0.15) is 0 Å². The molecule has 0 aromatic rings. The van der Waals surface area contributed by atoms with Crippen molar-refractivity contribution in [2.75, 3.05) is 119 Å². The van der Waals surface area contributed by atoms with Crippen molar-refractivity contribution in [1.82, 2.24) is 0 Å². The number of unbranched alkanes of at least 4 members (excludes halogenated alkanes) is 12. The van der Waals surface area contributed by atoms with E-state index in [9.17, 15) is 108 Å². The fraction of sp³-hybridized carbons (Fsp3) is 0.961. The van der Waals surface area contributed by atoms with Crippen molar-refractivity contribution in [2.45, 2.75) is 331 Å². The highest BCUT2D eigenvalue weighted by Gasteiger charge is 2.47. The molecule has 0 aromatic carbocycles. The Bertz CT molecular complexity index is 3350. The molecule has 14 unspecified atom stereocenters. The minimum Gasteiger partial charge on any atom is -0.756 e. The van der Waals surface area contributed by atoms with Crippen LogP contribution in [-0.4, -0.2) is 311 Å². The third kappa shape index (κ3) is 43.5. The Morgan fingerprint density at radius 3 is 0.929 bits per heavy atom. The number of carbonyl (C=O) groups excluding carboxylic acids is 3. The summed E-state index contributed by atoms with van der Waals surface area (Å²) in [5.41, 5.74) is -0.503. The average molecular weight is 1940 g/mol. The van der Waals surface area contributed by atoms with E-state index in [0.29, 0.717) is 83.5 Å². The molecule has 0 amide bonds. The van der Waals surface area contributed by atoms with Gasteiger partial charge in [-0.3, -0.25) is 37.2 Å². The molecule has 127 heavy (non-hydrogen) atoms. The number of ketones is 3. The second-order valence-electron chi connectivity index (χ2n) is 33.4. The van der Waals surface area contributed by atoms with Gasteiger partial charge in [0.05, 0.1) is 115 Å². The number of carbonyl (C=O) groups is 3. The van der Waals surface area contributed by atoms with Crippen LogP contribution in [0.1, 0.15) is 203 Å². The summed E-state index contributed by atoms with van der Waals surface area (Å²) in [5.74, 6) is -2.32. The van der Waals surface area contributed by atoms with Gasteiger partial charge < -0.3 is 177 Å². The maximum absolute atomic E-state index is 13.4. The standard InChI is InChI=1S/C77H143O45P5/c1-50-51(2)74(117-61(42-79)69(50)85)103-45-54(82)26-17-11-9-15-21-30-101-67-39-58(121-126(96,97)109-33-23-32-106-77(5,6)7)64(115-67)48-112-124(92,93)108-35-25-37-111-127(98,99)122-59-40-68(102-31-22-16-10-13-19-28-56(84)47-105-76-53(4)71(87)73(89)63(44-81)119-76)116-65(59)49-113-123(90,91)107-34-24-36-110-125(94,95)120-57-38-66(114-60(57)41-78)100-29-20-14-8-12-18-27-55(83)46-104-75-52(3)70(86)72(88)62(43-80)118-75/h50-53,57-76,78-81,85-89H,8-49H2,1-7H3,(H,90,91)(H,92,93)(H,94,95)(H,96,97)(H,98,99)/p-5/t50-,51?,52?,53?,57?,58?,59?,60-,61?,62?,63?,64-,65-,66+,67+,68+,69-,70-,71-,72+,73+,74-,75-,76-/m1/s1. The highest BCUT2D eigenvalue weighted by Crippen LogP contribution is 2.49. The van der Waals surface area contributed by atoms with Crippen molar-refractivity contribution >= 4 is 56.5 Å². The van der Waals surface area contributed by atoms with Gasteiger partial charge in [-0.1, -0.05) is 85.5 Å². The summed E-state index contributed by atoms with van der Waals surface area (Å²) in [5, 5.41) is 89.4. The van der Waals surface area contributed by atoms with Crippen molar-refractivity contribution in [2.24, 2.45) is 23.7 Å². The number of hydrogen-bond donors (Lipinski definition) is 9. The van der Waals surface area contributed by atoms with Crippen LogP contribution in [0, 0.1) is 23.7 Å². The molecule has 0 radical (unpaired) electrons. The summed E-state index contributed by atoms with van der Waals surface area (Å²) in [6.07, 6.45) is -14.3. The molecule has 746 valence electrons. The molecular formula is C77H138O45P5-5. The molecule has 6 heterocycles. The predicted octanol–water partition coefficient (Wildman–Crippen LogP) is 2.25. The van der Waals surface area contributed by atoms with E-state index in [1.165, 1.54) is 0 Å². The lowest BCUT2D eigenvalue weighted by Crippen LogP contribution is -2.55. The third-order valence-corrected chi connectivity index (χ3v) is 26.9. The number of phosphoric ester groups is 5. The molecule has 6 aliphatic rings. The van der Waals surface area contributed by atoms with Gasteiger partial charge in [-0.15, -0.1) is 0 Å². The lowest BCUT2D eigenvalue weighted by molar-refractivity contribution is -0.280. The van der Waals surface area contributed by atoms with Gasteiger partial charge in [0.25, 0.3) is 39.1 Å². The summed E-state index contributed by atoms with van der Waals surface area (Å²) < 4.78 is 190. The highest BCUT2D eigenvalue weighted by atomic mass is 31.2. The largest absolute Gasteiger partial charge is 0.756 e. The molecular weight excluding hydrogens is 1800 g/mol. The molecule has 6 rings (SSSR count). The van der Waals surface area contributed by atoms with Gasteiger partial charge in [0.2, 0.25) is 0 Å². The minimum absolute atomic E-state index is 0.0467. The van der Waals surface area contributed by atoms with Crippen LogP contribution in [0.2, 0.25) is 0 Å². The second-order valence-corrected chi connectivity index (χ2v) is 40.3. The van der Waals surface area contributed by atoms with Crippen LogP contribution in [0.5, 0.6) is 0 Å². The first kappa shape index (κ1) is 114. The molecule has 0 aliphatic carbocycles. The summed E-state index contributed by atoms with van der Waals surface area (Å²) in [6.45, 7) is 5.00.